The van der Waals surface area contributed by atoms with Crippen molar-refractivity contribution < 1.29 is 4.74 Å². The first-order chi connectivity index (χ1) is 6.86. The molecule has 0 bridgehead atoms. The van der Waals surface area contributed by atoms with Crippen LogP contribution >= 0.6 is 11.3 Å². The van der Waals surface area contributed by atoms with Crippen molar-refractivity contribution in [3.05, 3.63) is 22.4 Å². The average molecular weight is 214 g/mol. The van der Waals surface area contributed by atoms with Crippen LogP contribution in [0.5, 0.6) is 0 Å². The monoisotopic (exact) mass is 214 g/mol. The van der Waals surface area contributed by atoms with Crippen LogP contribution in [-0.2, 0) is 11.3 Å². The van der Waals surface area contributed by atoms with Gasteiger partial charge in [-0.05, 0) is 24.4 Å². The van der Waals surface area contributed by atoms with Crippen LogP contribution in [0.2, 0.25) is 0 Å². The Morgan fingerprint density at radius 1 is 1.64 bits per heavy atom. The van der Waals surface area contributed by atoms with E-state index in [2.05, 4.69) is 22.8 Å². The molecule has 0 amide bonds. The highest BCUT2D eigenvalue weighted by Gasteiger charge is 2.03. The van der Waals surface area contributed by atoms with Gasteiger partial charge in [0.1, 0.15) is 0 Å². The van der Waals surface area contributed by atoms with Gasteiger partial charge in [0.25, 0.3) is 0 Å². The summed E-state index contributed by atoms with van der Waals surface area (Å²) in [5.74, 6) is 0. The van der Waals surface area contributed by atoms with Gasteiger partial charge in [0.2, 0.25) is 0 Å². The molecule has 1 rings (SSSR count). The topological polar surface area (TPSA) is 47.3 Å². The highest BCUT2D eigenvalue weighted by molar-refractivity contribution is 7.09. The Morgan fingerprint density at radius 2 is 2.50 bits per heavy atom. The molecule has 0 spiro atoms. The molecular formula is C10H18N2OS. The fourth-order valence-electron chi connectivity index (χ4n) is 1.22. The molecule has 1 aromatic rings. The van der Waals surface area contributed by atoms with Crippen molar-refractivity contribution in [2.24, 2.45) is 5.73 Å². The minimum Gasteiger partial charge on any atom is -0.380 e. The van der Waals surface area contributed by atoms with Gasteiger partial charge in [-0.15, -0.1) is 11.3 Å². The minimum absolute atomic E-state index is 0.186. The van der Waals surface area contributed by atoms with Crippen LogP contribution in [0.15, 0.2) is 17.5 Å². The van der Waals surface area contributed by atoms with E-state index in [4.69, 9.17) is 10.5 Å². The van der Waals surface area contributed by atoms with E-state index in [9.17, 15) is 0 Å². The van der Waals surface area contributed by atoms with Crippen LogP contribution in [-0.4, -0.2) is 26.3 Å². The molecule has 0 aliphatic heterocycles. The number of nitrogens with two attached hydrogens (primary N) is 1. The highest BCUT2D eigenvalue weighted by Crippen LogP contribution is 2.07. The lowest BCUT2D eigenvalue weighted by Gasteiger charge is -2.12. The van der Waals surface area contributed by atoms with Crippen LogP contribution in [0, 0.1) is 0 Å². The molecule has 1 atom stereocenters. The average Bonchev–Trinajstić information content (AvgIpc) is 2.71. The van der Waals surface area contributed by atoms with Crippen molar-refractivity contribution in [1.29, 1.82) is 0 Å². The second-order valence-corrected chi connectivity index (χ2v) is 4.17. The second kappa shape index (κ2) is 6.95. The van der Waals surface area contributed by atoms with Crippen molar-refractivity contribution >= 4 is 11.3 Å². The first-order valence-electron chi connectivity index (χ1n) is 4.82. The fourth-order valence-corrected chi connectivity index (χ4v) is 1.89. The molecule has 0 fully saturated rings. The summed E-state index contributed by atoms with van der Waals surface area (Å²) in [6.07, 6.45) is 1.16. The van der Waals surface area contributed by atoms with Crippen LogP contribution in [0.4, 0.5) is 0 Å². The van der Waals surface area contributed by atoms with E-state index < -0.39 is 0 Å². The summed E-state index contributed by atoms with van der Waals surface area (Å²) in [4.78, 5) is 1.37. The smallest absolute Gasteiger partial charge is 0.0705 e. The molecule has 1 unspecified atom stereocenters. The molecule has 0 radical (unpaired) electrons. The lowest BCUT2D eigenvalue weighted by molar-refractivity contribution is 0.102. The third-order valence-electron chi connectivity index (χ3n) is 2.12. The minimum atomic E-state index is 0.186. The summed E-state index contributed by atoms with van der Waals surface area (Å²) in [6, 6.07) is 4.20. The van der Waals surface area contributed by atoms with Gasteiger partial charge in [0, 0.05) is 25.1 Å². The Hall–Kier alpha value is -0.420. The quantitative estimate of drug-likeness (QED) is 0.671. The van der Waals surface area contributed by atoms with Crippen LogP contribution in [0.3, 0.4) is 0 Å². The highest BCUT2D eigenvalue weighted by atomic mass is 32.1. The maximum atomic E-state index is 5.51. The van der Waals surface area contributed by atoms with Crippen LogP contribution in [0.1, 0.15) is 11.3 Å². The number of hydrogen-bond donors (Lipinski definition) is 2. The normalized spacial score (nSPS) is 13.0. The largest absolute Gasteiger partial charge is 0.380 e. The van der Waals surface area contributed by atoms with Gasteiger partial charge in [-0.2, -0.15) is 0 Å². The first kappa shape index (κ1) is 11.7. The van der Waals surface area contributed by atoms with Gasteiger partial charge in [0.15, 0.2) is 0 Å². The van der Waals surface area contributed by atoms with E-state index in [1.54, 1.807) is 18.4 Å². The predicted octanol–water partition coefficient (Wildman–Crippen LogP) is 1.20. The van der Waals surface area contributed by atoms with E-state index in [1.807, 2.05) is 0 Å². The predicted molar refractivity (Wildman–Crippen MR) is 60.5 cm³/mol. The van der Waals surface area contributed by atoms with Gasteiger partial charge in [-0.3, -0.25) is 0 Å². The SMILES string of the molecule is COC(CN)CCNCc1cccs1. The summed E-state index contributed by atoms with van der Waals surface area (Å²) in [7, 11) is 1.71. The lowest BCUT2D eigenvalue weighted by Crippen LogP contribution is -2.27. The molecule has 14 heavy (non-hydrogen) atoms. The van der Waals surface area contributed by atoms with Crippen molar-refractivity contribution in [1.82, 2.24) is 5.32 Å². The van der Waals surface area contributed by atoms with Crippen molar-refractivity contribution in [3.63, 3.8) is 0 Å². The van der Waals surface area contributed by atoms with E-state index in [0.717, 1.165) is 19.5 Å². The Balaban J connectivity index is 2.04. The molecule has 80 valence electrons. The summed E-state index contributed by atoms with van der Waals surface area (Å²) < 4.78 is 5.17. The van der Waals surface area contributed by atoms with Gasteiger partial charge in [-0.1, -0.05) is 6.07 Å². The first-order valence-corrected chi connectivity index (χ1v) is 5.70. The maximum absolute atomic E-state index is 5.51. The van der Waals surface area contributed by atoms with Gasteiger partial charge in [0.05, 0.1) is 6.10 Å². The third-order valence-corrected chi connectivity index (χ3v) is 3.00. The summed E-state index contributed by atoms with van der Waals surface area (Å²) in [6.45, 7) is 2.49. The number of hydrogen-bond acceptors (Lipinski definition) is 4. The molecule has 1 aromatic heterocycles. The van der Waals surface area contributed by atoms with Gasteiger partial charge >= 0.3 is 0 Å². The molecule has 3 N–H and O–H groups in total. The molecule has 0 aliphatic rings. The third kappa shape index (κ3) is 4.19. The molecule has 1 heterocycles. The van der Waals surface area contributed by atoms with Crippen LogP contribution < -0.4 is 11.1 Å². The van der Waals surface area contributed by atoms with Crippen molar-refractivity contribution in [2.75, 3.05) is 20.2 Å². The number of nitrogens with one attached hydrogen (secondary N) is 1. The number of thiophene rings is 1. The Labute approximate surface area is 89.3 Å². The summed E-state index contributed by atoms with van der Waals surface area (Å²) >= 11 is 1.77. The van der Waals surface area contributed by atoms with Crippen LogP contribution in [0.25, 0.3) is 0 Å². The zero-order chi connectivity index (χ0) is 10.2. The van der Waals surface area contributed by atoms with Gasteiger partial charge in [-0.25, -0.2) is 0 Å². The summed E-state index contributed by atoms with van der Waals surface area (Å²) in [5.41, 5.74) is 5.51. The molecule has 3 nitrogen and oxygen atoms in total. The molecular weight excluding hydrogens is 196 g/mol. The van der Waals surface area contributed by atoms with Crippen molar-refractivity contribution in [2.45, 2.75) is 19.1 Å². The zero-order valence-electron chi connectivity index (χ0n) is 8.53. The number of rotatable bonds is 7. The molecule has 0 saturated heterocycles. The van der Waals surface area contributed by atoms with E-state index in [1.165, 1.54) is 4.88 Å². The second-order valence-electron chi connectivity index (χ2n) is 3.14. The zero-order valence-corrected chi connectivity index (χ0v) is 9.35. The Bertz CT molecular complexity index is 222. The van der Waals surface area contributed by atoms with E-state index in [-0.39, 0.29) is 6.10 Å². The van der Waals surface area contributed by atoms with E-state index in [0.29, 0.717) is 6.54 Å². The number of ether oxygens (including phenoxy) is 1. The Morgan fingerprint density at radius 3 is 3.07 bits per heavy atom. The van der Waals surface area contributed by atoms with E-state index >= 15 is 0 Å². The Kier molecular flexibility index (Phi) is 5.78. The molecule has 0 saturated carbocycles. The molecule has 0 aliphatic carbocycles. The summed E-state index contributed by atoms with van der Waals surface area (Å²) in [5, 5.41) is 5.45. The molecule has 4 heteroatoms. The standard InChI is InChI=1S/C10H18N2OS/c1-13-9(7-11)4-5-12-8-10-3-2-6-14-10/h2-3,6,9,12H,4-5,7-8,11H2,1H3. The van der Waals surface area contributed by atoms with Crippen molar-refractivity contribution in [3.8, 4) is 0 Å². The number of methoxy groups -OCH3 is 1. The van der Waals surface area contributed by atoms with Gasteiger partial charge < -0.3 is 15.8 Å². The lowest BCUT2D eigenvalue weighted by atomic mass is 10.2. The fraction of sp³-hybridized carbons (Fsp3) is 0.600. The maximum Gasteiger partial charge on any atom is 0.0705 e. The molecule has 0 aromatic carbocycles.